The second-order valence-corrected chi connectivity index (χ2v) is 11.9. The van der Waals surface area contributed by atoms with Crippen molar-refractivity contribution >= 4 is 27.5 Å². The van der Waals surface area contributed by atoms with Crippen LogP contribution in [0.15, 0.2) is 72.8 Å². The van der Waals surface area contributed by atoms with Crippen LogP contribution in [0.1, 0.15) is 40.7 Å². The van der Waals surface area contributed by atoms with Crippen molar-refractivity contribution in [3.63, 3.8) is 0 Å². The Bertz CT molecular complexity index is 1390. The van der Waals surface area contributed by atoms with E-state index in [1.54, 1.807) is 18.0 Å². The van der Waals surface area contributed by atoms with Gasteiger partial charge in [-0.25, -0.2) is 8.42 Å². The van der Waals surface area contributed by atoms with E-state index in [4.69, 9.17) is 0 Å². The van der Waals surface area contributed by atoms with Crippen LogP contribution < -0.4 is 9.62 Å². The second kappa shape index (κ2) is 13.4. The third-order valence-corrected chi connectivity index (χ3v) is 8.24. The number of nitrogens with zero attached hydrogens (tertiary/aromatic N) is 2. The molecular weight excluding hydrogens is 510 g/mol. The van der Waals surface area contributed by atoms with Crippen molar-refractivity contribution < 1.29 is 18.0 Å². The van der Waals surface area contributed by atoms with E-state index in [0.29, 0.717) is 18.5 Å². The molecule has 1 atom stereocenters. The van der Waals surface area contributed by atoms with Crippen LogP contribution >= 0.6 is 0 Å². The zero-order valence-electron chi connectivity index (χ0n) is 23.5. The summed E-state index contributed by atoms with van der Waals surface area (Å²) in [5, 5.41) is 2.73. The van der Waals surface area contributed by atoms with Gasteiger partial charge in [-0.2, -0.15) is 0 Å². The van der Waals surface area contributed by atoms with Crippen molar-refractivity contribution in [1.82, 2.24) is 10.2 Å². The van der Waals surface area contributed by atoms with Gasteiger partial charge in [-0.1, -0.05) is 60.7 Å². The Kier molecular flexibility index (Phi) is 10.3. The van der Waals surface area contributed by atoms with Gasteiger partial charge in [0.2, 0.25) is 21.8 Å². The molecule has 2 amide bonds. The molecule has 0 aliphatic carbocycles. The highest BCUT2D eigenvalue weighted by atomic mass is 32.2. The first-order chi connectivity index (χ1) is 18.5. The molecule has 0 aliphatic heterocycles. The van der Waals surface area contributed by atoms with Crippen molar-refractivity contribution in [2.24, 2.45) is 0 Å². The Morgan fingerprint density at radius 3 is 2.15 bits per heavy atom. The lowest BCUT2D eigenvalue weighted by atomic mass is 10.0. The molecule has 208 valence electrons. The highest BCUT2D eigenvalue weighted by Crippen LogP contribution is 2.23. The molecule has 0 spiro atoms. The molecular formula is C31H39N3O4S. The van der Waals surface area contributed by atoms with Gasteiger partial charge in [-0.15, -0.1) is 0 Å². The summed E-state index contributed by atoms with van der Waals surface area (Å²) in [6, 6.07) is 22.3. The molecule has 3 aromatic carbocycles. The van der Waals surface area contributed by atoms with Gasteiger partial charge in [0.25, 0.3) is 0 Å². The molecule has 3 aromatic rings. The first-order valence-corrected chi connectivity index (χ1v) is 15.0. The third-order valence-electron chi connectivity index (χ3n) is 7.05. The van der Waals surface area contributed by atoms with E-state index in [0.717, 1.165) is 27.8 Å². The molecule has 0 saturated heterocycles. The molecule has 8 heteroatoms. The first-order valence-electron chi connectivity index (χ1n) is 13.2. The normalized spacial score (nSPS) is 12.0. The molecule has 0 bridgehead atoms. The van der Waals surface area contributed by atoms with Crippen LogP contribution in [0.3, 0.4) is 0 Å². The van der Waals surface area contributed by atoms with Crippen LogP contribution in [0.2, 0.25) is 0 Å². The maximum atomic E-state index is 13.8. The Hall–Kier alpha value is -3.65. The SMILES string of the molecule is CNC(=O)[C@@H](Cc1ccccc1)N(Cc1ccccc1C)C(=O)CCCN(c1ccc(C)c(C)c1)S(C)(=O)=O. The van der Waals surface area contributed by atoms with Gasteiger partial charge in [0.1, 0.15) is 6.04 Å². The van der Waals surface area contributed by atoms with E-state index in [2.05, 4.69) is 5.32 Å². The Balaban J connectivity index is 1.86. The minimum absolute atomic E-state index is 0.102. The molecule has 39 heavy (non-hydrogen) atoms. The van der Waals surface area contributed by atoms with Crippen molar-refractivity contribution in [3.8, 4) is 0 Å². The number of hydrogen-bond donors (Lipinski definition) is 1. The predicted octanol–water partition coefficient (Wildman–Crippen LogP) is 4.54. The van der Waals surface area contributed by atoms with Gasteiger partial charge in [-0.05, 0) is 67.1 Å². The molecule has 0 saturated carbocycles. The molecule has 0 fully saturated rings. The fraction of sp³-hybridized carbons (Fsp3) is 0.355. The molecule has 0 aliphatic rings. The number of anilines is 1. The Morgan fingerprint density at radius 1 is 0.872 bits per heavy atom. The van der Waals surface area contributed by atoms with E-state index in [1.165, 1.54) is 10.6 Å². The van der Waals surface area contributed by atoms with Crippen LogP contribution in [0.5, 0.6) is 0 Å². The number of carbonyl (C=O) groups is 2. The molecule has 0 radical (unpaired) electrons. The number of hydrogen-bond acceptors (Lipinski definition) is 4. The summed E-state index contributed by atoms with van der Waals surface area (Å²) in [5.74, 6) is -0.440. The van der Waals surface area contributed by atoms with Gasteiger partial charge in [0, 0.05) is 33.0 Å². The van der Waals surface area contributed by atoms with Gasteiger partial charge in [0.15, 0.2) is 0 Å². The summed E-state index contributed by atoms with van der Waals surface area (Å²) in [7, 11) is -1.98. The fourth-order valence-electron chi connectivity index (χ4n) is 4.58. The van der Waals surface area contributed by atoms with Gasteiger partial charge in [0.05, 0.1) is 11.9 Å². The first kappa shape index (κ1) is 29.9. The van der Waals surface area contributed by atoms with Crippen molar-refractivity contribution in [1.29, 1.82) is 0 Å². The van der Waals surface area contributed by atoms with Crippen LogP contribution in [-0.2, 0) is 32.6 Å². The number of aryl methyl sites for hydroxylation is 3. The number of rotatable bonds is 12. The topological polar surface area (TPSA) is 86.8 Å². The van der Waals surface area contributed by atoms with E-state index in [-0.39, 0.29) is 31.3 Å². The molecule has 0 unspecified atom stereocenters. The quantitative estimate of drug-likeness (QED) is 0.359. The fourth-order valence-corrected chi connectivity index (χ4v) is 5.53. The van der Waals surface area contributed by atoms with Gasteiger partial charge >= 0.3 is 0 Å². The Labute approximate surface area is 232 Å². The van der Waals surface area contributed by atoms with E-state index in [9.17, 15) is 18.0 Å². The molecule has 1 N–H and O–H groups in total. The second-order valence-electron chi connectivity index (χ2n) is 9.98. The number of nitrogens with one attached hydrogen (secondary N) is 1. The molecule has 0 heterocycles. The van der Waals surface area contributed by atoms with Crippen LogP contribution in [-0.4, -0.2) is 51.0 Å². The van der Waals surface area contributed by atoms with Gasteiger partial charge < -0.3 is 10.2 Å². The van der Waals surface area contributed by atoms with Crippen molar-refractivity contribution in [2.75, 3.05) is 24.2 Å². The van der Waals surface area contributed by atoms with Crippen LogP contribution in [0.25, 0.3) is 0 Å². The summed E-state index contributed by atoms with van der Waals surface area (Å²) in [6.07, 6.45) is 1.96. The maximum Gasteiger partial charge on any atom is 0.242 e. The highest BCUT2D eigenvalue weighted by molar-refractivity contribution is 7.92. The third kappa shape index (κ3) is 8.17. The summed E-state index contributed by atoms with van der Waals surface area (Å²) in [5.41, 5.74) is 5.59. The number of sulfonamides is 1. The largest absolute Gasteiger partial charge is 0.357 e. The lowest BCUT2D eigenvalue weighted by Crippen LogP contribution is -2.50. The zero-order chi connectivity index (χ0) is 28.6. The van der Waals surface area contributed by atoms with Crippen LogP contribution in [0.4, 0.5) is 5.69 Å². The summed E-state index contributed by atoms with van der Waals surface area (Å²) in [6.45, 7) is 6.34. The van der Waals surface area contributed by atoms with Gasteiger partial charge in [-0.3, -0.25) is 13.9 Å². The molecule has 0 aromatic heterocycles. The lowest BCUT2D eigenvalue weighted by molar-refractivity contribution is -0.141. The molecule has 3 rings (SSSR count). The zero-order valence-corrected chi connectivity index (χ0v) is 24.3. The van der Waals surface area contributed by atoms with Crippen LogP contribution in [0, 0.1) is 20.8 Å². The van der Waals surface area contributed by atoms with Crippen molar-refractivity contribution in [3.05, 3.63) is 101 Å². The smallest absolute Gasteiger partial charge is 0.242 e. The van der Waals surface area contributed by atoms with E-state index in [1.807, 2.05) is 87.5 Å². The monoisotopic (exact) mass is 549 g/mol. The lowest BCUT2D eigenvalue weighted by Gasteiger charge is -2.32. The maximum absolute atomic E-state index is 13.8. The summed E-state index contributed by atoms with van der Waals surface area (Å²) >= 11 is 0. The Morgan fingerprint density at radius 2 is 1.54 bits per heavy atom. The summed E-state index contributed by atoms with van der Waals surface area (Å²) in [4.78, 5) is 28.5. The number of benzene rings is 3. The van der Waals surface area contributed by atoms with Crippen molar-refractivity contribution in [2.45, 2.75) is 52.6 Å². The molecule has 7 nitrogen and oxygen atoms in total. The minimum atomic E-state index is -3.55. The average molecular weight is 550 g/mol. The number of likely N-dealkylation sites (N-methyl/N-ethyl adjacent to an activating group) is 1. The number of carbonyl (C=O) groups excluding carboxylic acids is 2. The summed E-state index contributed by atoms with van der Waals surface area (Å²) < 4.78 is 26.6. The number of amides is 2. The highest BCUT2D eigenvalue weighted by Gasteiger charge is 2.30. The van der Waals surface area contributed by atoms with E-state index < -0.39 is 16.1 Å². The standard InChI is InChI=1S/C31H39N3O4S/c1-23-17-18-28(20-25(23)3)34(39(5,37)38)19-11-16-30(35)33(22-27-15-10-9-12-24(27)2)29(31(36)32-4)21-26-13-7-6-8-14-26/h6-10,12-15,17-18,20,29H,11,16,19,21-22H2,1-5H3,(H,32,36)/t29-/m1/s1. The predicted molar refractivity (Wildman–Crippen MR) is 157 cm³/mol. The average Bonchev–Trinajstić information content (AvgIpc) is 2.90. The van der Waals surface area contributed by atoms with E-state index >= 15 is 0 Å². The minimum Gasteiger partial charge on any atom is -0.357 e.